The fourth-order valence-electron chi connectivity index (χ4n) is 2.06. The molecule has 2 rings (SSSR count). The van der Waals surface area contributed by atoms with E-state index in [9.17, 15) is 13.2 Å². The number of halogens is 2. The van der Waals surface area contributed by atoms with Crippen LogP contribution >= 0.6 is 31.9 Å². The predicted octanol–water partition coefficient (Wildman–Crippen LogP) is 3.92. The lowest BCUT2D eigenvalue weighted by molar-refractivity contribution is -0.114. The third kappa shape index (κ3) is 5.06. The van der Waals surface area contributed by atoms with E-state index in [1.165, 1.54) is 0 Å². The van der Waals surface area contributed by atoms with Gasteiger partial charge in [0, 0.05) is 14.6 Å². The zero-order valence-corrected chi connectivity index (χ0v) is 17.1. The van der Waals surface area contributed by atoms with Crippen LogP contribution < -0.4 is 9.62 Å². The molecule has 0 fully saturated rings. The second-order valence-electron chi connectivity index (χ2n) is 5.26. The monoisotopic (exact) mass is 474 g/mol. The van der Waals surface area contributed by atoms with Gasteiger partial charge in [0.15, 0.2) is 0 Å². The summed E-state index contributed by atoms with van der Waals surface area (Å²) in [7, 11) is -3.58. The average Bonchev–Trinajstić information content (AvgIpc) is 2.49. The SMILES string of the molecule is Cc1cc(NC(=O)CN(c2ccc(Br)cc2)S(C)(=O)=O)ccc1Br. The molecule has 0 spiro atoms. The van der Waals surface area contributed by atoms with Crippen molar-refractivity contribution in [3.8, 4) is 0 Å². The molecule has 2 aromatic carbocycles. The van der Waals surface area contributed by atoms with E-state index >= 15 is 0 Å². The maximum Gasteiger partial charge on any atom is 0.245 e. The third-order valence-electron chi connectivity index (χ3n) is 3.24. The minimum absolute atomic E-state index is 0.296. The molecule has 0 atom stereocenters. The second kappa shape index (κ2) is 7.67. The number of sulfonamides is 1. The molecule has 0 aliphatic heterocycles. The number of hydrogen-bond donors (Lipinski definition) is 1. The van der Waals surface area contributed by atoms with Gasteiger partial charge in [-0.05, 0) is 55.0 Å². The Morgan fingerprint density at radius 2 is 1.75 bits per heavy atom. The first kappa shape index (κ1) is 19.0. The summed E-state index contributed by atoms with van der Waals surface area (Å²) in [5.74, 6) is -0.412. The number of carbonyl (C=O) groups excluding carboxylic acids is 1. The van der Waals surface area contributed by atoms with E-state index in [0.717, 1.165) is 25.1 Å². The largest absolute Gasteiger partial charge is 0.325 e. The number of aryl methyl sites for hydroxylation is 1. The second-order valence-corrected chi connectivity index (χ2v) is 8.94. The highest BCUT2D eigenvalue weighted by Gasteiger charge is 2.20. The van der Waals surface area contributed by atoms with Crippen molar-refractivity contribution in [2.45, 2.75) is 6.92 Å². The predicted molar refractivity (Wildman–Crippen MR) is 104 cm³/mol. The number of rotatable bonds is 5. The Morgan fingerprint density at radius 1 is 1.12 bits per heavy atom. The topological polar surface area (TPSA) is 66.5 Å². The van der Waals surface area contributed by atoms with Crippen LogP contribution in [0.3, 0.4) is 0 Å². The first-order valence-corrected chi connectivity index (χ1v) is 10.4. The van der Waals surface area contributed by atoms with E-state index in [1.807, 2.05) is 19.1 Å². The van der Waals surface area contributed by atoms with Crippen LogP contribution in [-0.4, -0.2) is 27.1 Å². The number of nitrogens with one attached hydrogen (secondary N) is 1. The van der Waals surface area contributed by atoms with Crippen LogP contribution in [0.2, 0.25) is 0 Å². The molecule has 24 heavy (non-hydrogen) atoms. The molecule has 2 aromatic rings. The molecule has 0 radical (unpaired) electrons. The Bertz CT molecular complexity index is 852. The number of amides is 1. The molecule has 128 valence electrons. The first-order chi connectivity index (χ1) is 11.2. The van der Waals surface area contributed by atoms with Crippen molar-refractivity contribution in [3.63, 3.8) is 0 Å². The molecule has 0 aliphatic rings. The highest BCUT2D eigenvalue weighted by atomic mass is 79.9. The van der Waals surface area contributed by atoms with Gasteiger partial charge in [-0.15, -0.1) is 0 Å². The van der Waals surface area contributed by atoms with E-state index in [1.54, 1.807) is 30.3 Å². The highest BCUT2D eigenvalue weighted by Crippen LogP contribution is 2.22. The molecule has 8 heteroatoms. The highest BCUT2D eigenvalue weighted by molar-refractivity contribution is 9.10. The van der Waals surface area contributed by atoms with E-state index in [2.05, 4.69) is 37.2 Å². The lowest BCUT2D eigenvalue weighted by Crippen LogP contribution is -2.37. The summed E-state index contributed by atoms with van der Waals surface area (Å²) < 4.78 is 26.9. The number of benzene rings is 2. The molecule has 0 aromatic heterocycles. The first-order valence-electron chi connectivity index (χ1n) is 6.96. The summed E-state index contributed by atoms with van der Waals surface area (Å²) in [6.07, 6.45) is 1.08. The van der Waals surface area contributed by atoms with Gasteiger partial charge in [-0.1, -0.05) is 31.9 Å². The zero-order valence-electron chi connectivity index (χ0n) is 13.1. The Labute approximate surface area is 158 Å². The Morgan fingerprint density at radius 3 is 2.29 bits per heavy atom. The van der Waals surface area contributed by atoms with Gasteiger partial charge in [0.05, 0.1) is 11.9 Å². The summed E-state index contributed by atoms with van der Waals surface area (Å²) in [6, 6.07) is 12.1. The van der Waals surface area contributed by atoms with E-state index in [-0.39, 0.29) is 6.54 Å². The van der Waals surface area contributed by atoms with Gasteiger partial charge in [0.25, 0.3) is 0 Å². The van der Waals surface area contributed by atoms with Crippen molar-refractivity contribution in [1.82, 2.24) is 0 Å². The van der Waals surface area contributed by atoms with Gasteiger partial charge in [-0.25, -0.2) is 8.42 Å². The van der Waals surface area contributed by atoms with Crippen LogP contribution in [0.15, 0.2) is 51.4 Å². The molecule has 0 aliphatic carbocycles. The van der Waals surface area contributed by atoms with Crippen molar-refractivity contribution in [2.75, 3.05) is 22.4 Å². The summed E-state index contributed by atoms with van der Waals surface area (Å²) in [4.78, 5) is 12.3. The molecule has 0 heterocycles. The smallest absolute Gasteiger partial charge is 0.245 e. The molecule has 0 bridgehead atoms. The van der Waals surface area contributed by atoms with Crippen LogP contribution in [0.4, 0.5) is 11.4 Å². The Hall–Kier alpha value is -1.38. The van der Waals surface area contributed by atoms with Crippen LogP contribution in [0.1, 0.15) is 5.56 Å². The van der Waals surface area contributed by atoms with Gasteiger partial charge >= 0.3 is 0 Å². The number of carbonyl (C=O) groups is 1. The van der Waals surface area contributed by atoms with E-state index in [4.69, 9.17) is 0 Å². The molecule has 0 saturated carbocycles. The fourth-order valence-corrected chi connectivity index (χ4v) is 3.43. The number of anilines is 2. The maximum atomic E-state index is 12.3. The van der Waals surface area contributed by atoms with Gasteiger partial charge < -0.3 is 5.32 Å². The number of hydrogen-bond acceptors (Lipinski definition) is 3. The molecule has 1 amide bonds. The average molecular weight is 476 g/mol. The van der Waals surface area contributed by atoms with Crippen molar-refractivity contribution < 1.29 is 13.2 Å². The standard InChI is InChI=1S/C16H16Br2N2O3S/c1-11-9-13(5-8-15(11)18)19-16(21)10-20(24(2,22)23)14-6-3-12(17)4-7-14/h3-9H,10H2,1-2H3,(H,19,21). The Balaban J connectivity index is 2.18. The maximum absolute atomic E-state index is 12.3. The molecule has 0 unspecified atom stereocenters. The zero-order chi connectivity index (χ0) is 17.9. The summed E-state index contributed by atoms with van der Waals surface area (Å²) in [5.41, 5.74) is 2.02. The minimum Gasteiger partial charge on any atom is -0.325 e. The van der Waals surface area contributed by atoms with Gasteiger partial charge in [0.1, 0.15) is 6.54 Å². The summed E-state index contributed by atoms with van der Waals surface area (Å²) in [5, 5.41) is 2.72. The molecular weight excluding hydrogens is 460 g/mol. The number of nitrogens with zero attached hydrogens (tertiary/aromatic N) is 1. The minimum atomic E-state index is -3.58. The van der Waals surface area contributed by atoms with Crippen molar-refractivity contribution in [1.29, 1.82) is 0 Å². The van der Waals surface area contributed by atoms with Crippen molar-refractivity contribution in [3.05, 3.63) is 57.0 Å². The fraction of sp³-hybridized carbons (Fsp3) is 0.188. The van der Waals surface area contributed by atoms with Crippen LogP contribution in [0, 0.1) is 6.92 Å². The Kier molecular flexibility index (Phi) is 6.06. The quantitative estimate of drug-likeness (QED) is 0.712. The van der Waals surface area contributed by atoms with E-state index < -0.39 is 15.9 Å². The van der Waals surface area contributed by atoms with Crippen LogP contribution in [0.5, 0.6) is 0 Å². The summed E-state index contributed by atoms with van der Waals surface area (Å²) in [6.45, 7) is 1.61. The van der Waals surface area contributed by atoms with Gasteiger partial charge in [-0.2, -0.15) is 0 Å². The van der Waals surface area contributed by atoms with Crippen LogP contribution in [0.25, 0.3) is 0 Å². The normalized spacial score (nSPS) is 11.2. The molecule has 1 N–H and O–H groups in total. The van der Waals surface area contributed by atoms with Crippen LogP contribution in [-0.2, 0) is 14.8 Å². The van der Waals surface area contributed by atoms with Gasteiger partial charge in [0.2, 0.25) is 15.9 Å². The van der Waals surface area contributed by atoms with Crippen molar-refractivity contribution in [2.24, 2.45) is 0 Å². The lowest BCUT2D eigenvalue weighted by atomic mass is 10.2. The van der Waals surface area contributed by atoms with E-state index in [0.29, 0.717) is 11.4 Å². The van der Waals surface area contributed by atoms with Crippen molar-refractivity contribution >= 4 is 59.2 Å². The lowest BCUT2D eigenvalue weighted by Gasteiger charge is -2.22. The van der Waals surface area contributed by atoms with Gasteiger partial charge in [-0.3, -0.25) is 9.10 Å². The summed E-state index contributed by atoms with van der Waals surface area (Å²) >= 11 is 6.70. The molecule has 0 saturated heterocycles. The molecule has 5 nitrogen and oxygen atoms in total. The third-order valence-corrected chi connectivity index (χ3v) is 5.80. The molecular formula is C16H16Br2N2O3S.